The molecule has 2 heterocycles. The predicted octanol–water partition coefficient (Wildman–Crippen LogP) is 2.44. The van der Waals surface area contributed by atoms with Crippen LogP contribution < -0.4 is 5.32 Å². The third kappa shape index (κ3) is 2.24. The summed E-state index contributed by atoms with van der Waals surface area (Å²) in [5.41, 5.74) is 0.0697. The molecule has 0 aromatic carbocycles. The Balaban J connectivity index is 1.46. The summed E-state index contributed by atoms with van der Waals surface area (Å²) < 4.78 is 4.24. The van der Waals surface area contributed by atoms with Gasteiger partial charge in [-0.25, -0.2) is 4.98 Å². The third-order valence-corrected chi connectivity index (χ3v) is 6.26. The molecule has 3 aliphatic rings. The molecule has 0 radical (unpaired) electrons. The molecule has 2 atom stereocenters. The highest BCUT2D eigenvalue weighted by Crippen LogP contribution is 2.47. The zero-order valence-electron chi connectivity index (χ0n) is 12.5. The molecule has 1 N–H and O–H groups in total. The molecule has 2 aliphatic carbocycles. The van der Waals surface area contributed by atoms with Crippen LogP contribution in [-0.2, 0) is 4.79 Å². The zero-order valence-corrected chi connectivity index (χ0v) is 13.3. The van der Waals surface area contributed by atoms with E-state index in [1.807, 2.05) is 6.92 Å². The van der Waals surface area contributed by atoms with Crippen LogP contribution in [0.25, 0.3) is 0 Å². The summed E-state index contributed by atoms with van der Waals surface area (Å²) in [4.78, 5) is 19.2. The highest BCUT2D eigenvalue weighted by Gasteiger charge is 2.55. The molecule has 21 heavy (non-hydrogen) atoms. The Hall–Kier alpha value is -1.17. The second-order valence-corrected chi connectivity index (χ2v) is 7.62. The van der Waals surface area contributed by atoms with Gasteiger partial charge in [-0.2, -0.15) is 4.37 Å². The Labute approximate surface area is 129 Å². The molecule has 0 bridgehead atoms. The van der Waals surface area contributed by atoms with Gasteiger partial charge in [-0.3, -0.25) is 4.79 Å². The molecule has 0 spiro atoms. The number of aryl methyl sites for hydroxylation is 1. The summed E-state index contributed by atoms with van der Waals surface area (Å²) in [6.07, 6.45) is 7.00. The number of aromatic nitrogens is 2. The summed E-state index contributed by atoms with van der Waals surface area (Å²) in [5, 5.41) is 4.51. The fourth-order valence-corrected chi connectivity index (χ4v) is 4.89. The number of nitrogens with one attached hydrogen (secondary N) is 1. The fourth-order valence-electron chi connectivity index (χ4n) is 4.21. The largest absolute Gasteiger partial charge is 0.353 e. The minimum absolute atomic E-state index is 0.0697. The van der Waals surface area contributed by atoms with Crippen molar-refractivity contribution in [2.45, 2.75) is 51.0 Å². The van der Waals surface area contributed by atoms with Crippen molar-refractivity contribution in [2.24, 2.45) is 11.8 Å². The van der Waals surface area contributed by atoms with Crippen LogP contribution in [0.4, 0.5) is 5.13 Å². The molecule has 5 nitrogen and oxygen atoms in total. The number of carbonyl (C=O) groups is 1. The van der Waals surface area contributed by atoms with Crippen molar-refractivity contribution in [3.8, 4) is 0 Å². The monoisotopic (exact) mass is 306 g/mol. The number of anilines is 1. The van der Waals surface area contributed by atoms with Gasteiger partial charge in [-0.05, 0) is 32.6 Å². The molecule has 1 aliphatic heterocycles. The topological polar surface area (TPSA) is 58.1 Å². The molecule has 1 amide bonds. The first-order chi connectivity index (χ1) is 10.2. The van der Waals surface area contributed by atoms with Crippen molar-refractivity contribution in [1.82, 2.24) is 14.3 Å². The summed E-state index contributed by atoms with van der Waals surface area (Å²) in [6, 6.07) is 0. The number of likely N-dealkylation sites (tertiary alicyclic amines) is 1. The Kier molecular flexibility index (Phi) is 3.17. The summed E-state index contributed by atoms with van der Waals surface area (Å²) >= 11 is 1.43. The molecule has 114 valence electrons. The summed E-state index contributed by atoms with van der Waals surface area (Å²) in [7, 11) is 0. The minimum atomic E-state index is 0.0697. The average molecular weight is 306 g/mol. The van der Waals surface area contributed by atoms with Gasteiger partial charge in [0, 0.05) is 36.5 Å². The van der Waals surface area contributed by atoms with Crippen LogP contribution in [0.15, 0.2) is 0 Å². The maximum absolute atomic E-state index is 12.6. The van der Waals surface area contributed by atoms with Gasteiger partial charge in [0.15, 0.2) is 0 Å². The fraction of sp³-hybridized carbons (Fsp3) is 0.800. The maximum Gasteiger partial charge on any atom is 0.225 e. The van der Waals surface area contributed by atoms with Gasteiger partial charge in [-0.15, -0.1) is 0 Å². The SMILES string of the molecule is Cc1nsc(NC23CCC2CN(C(=O)C2CCCC2)C3)n1. The summed E-state index contributed by atoms with van der Waals surface area (Å²) in [6.45, 7) is 3.70. The number of hydrogen-bond acceptors (Lipinski definition) is 5. The minimum Gasteiger partial charge on any atom is -0.353 e. The summed E-state index contributed by atoms with van der Waals surface area (Å²) in [5.74, 6) is 2.11. The number of amides is 1. The van der Waals surface area contributed by atoms with Crippen LogP contribution >= 0.6 is 11.5 Å². The number of nitrogens with zero attached hydrogens (tertiary/aromatic N) is 3. The molecule has 1 aromatic heterocycles. The quantitative estimate of drug-likeness (QED) is 0.932. The molecule has 2 unspecified atom stereocenters. The van der Waals surface area contributed by atoms with E-state index in [4.69, 9.17) is 0 Å². The zero-order chi connectivity index (χ0) is 14.4. The Morgan fingerprint density at radius 2 is 2.19 bits per heavy atom. The molecule has 4 rings (SSSR count). The lowest BCUT2D eigenvalue weighted by Crippen LogP contribution is -2.53. The van der Waals surface area contributed by atoms with E-state index in [0.29, 0.717) is 17.7 Å². The van der Waals surface area contributed by atoms with E-state index < -0.39 is 0 Å². The van der Waals surface area contributed by atoms with Crippen molar-refractivity contribution in [1.29, 1.82) is 0 Å². The number of carbonyl (C=O) groups excluding carboxylic acids is 1. The van der Waals surface area contributed by atoms with E-state index in [-0.39, 0.29) is 5.54 Å². The number of fused-ring (bicyclic) bond motifs is 1. The van der Waals surface area contributed by atoms with Gasteiger partial charge < -0.3 is 10.2 Å². The maximum atomic E-state index is 12.6. The average Bonchev–Trinajstić information content (AvgIpc) is 3.15. The second kappa shape index (κ2) is 4.93. The number of hydrogen-bond donors (Lipinski definition) is 1. The second-order valence-electron chi connectivity index (χ2n) is 6.86. The lowest BCUT2D eigenvalue weighted by Gasteiger charge is -2.44. The first-order valence-corrected chi connectivity index (χ1v) is 8.81. The van der Waals surface area contributed by atoms with E-state index in [1.165, 1.54) is 30.8 Å². The lowest BCUT2D eigenvalue weighted by molar-refractivity contribution is -0.134. The van der Waals surface area contributed by atoms with Gasteiger partial charge in [0.05, 0.1) is 5.54 Å². The molecule has 3 fully saturated rings. The van der Waals surface area contributed by atoms with E-state index in [0.717, 1.165) is 43.3 Å². The Morgan fingerprint density at radius 1 is 1.38 bits per heavy atom. The molecular formula is C15H22N4OS. The standard InChI is InChI=1S/C15H22N4OS/c1-10-16-14(21-18-10)17-15-7-6-12(15)8-19(9-15)13(20)11-4-2-3-5-11/h11-12H,2-9H2,1H3,(H,16,17,18). The third-order valence-electron chi connectivity index (χ3n) is 5.53. The van der Waals surface area contributed by atoms with E-state index in [1.54, 1.807) is 0 Å². The first kappa shape index (κ1) is 13.5. The first-order valence-electron chi connectivity index (χ1n) is 8.04. The van der Waals surface area contributed by atoms with Gasteiger partial charge >= 0.3 is 0 Å². The molecular weight excluding hydrogens is 284 g/mol. The molecule has 1 saturated heterocycles. The van der Waals surface area contributed by atoms with Crippen molar-refractivity contribution in [3.63, 3.8) is 0 Å². The van der Waals surface area contributed by atoms with E-state index in [2.05, 4.69) is 19.6 Å². The van der Waals surface area contributed by atoms with Crippen LogP contribution in [0.3, 0.4) is 0 Å². The lowest BCUT2D eigenvalue weighted by atomic mass is 9.69. The van der Waals surface area contributed by atoms with Crippen LogP contribution in [0.5, 0.6) is 0 Å². The highest BCUT2D eigenvalue weighted by molar-refractivity contribution is 7.09. The van der Waals surface area contributed by atoms with Crippen molar-refractivity contribution in [2.75, 3.05) is 18.4 Å². The molecule has 6 heteroatoms. The van der Waals surface area contributed by atoms with E-state index >= 15 is 0 Å². The van der Waals surface area contributed by atoms with Crippen LogP contribution in [-0.4, -0.2) is 38.8 Å². The number of rotatable bonds is 3. The molecule has 2 saturated carbocycles. The molecule has 1 aromatic rings. The van der Waals surface area contributed by atoms with Crippen molar-refractivity contribution < 1.29 is 4.79 Å². The van der Waals surface area contributed by atoms with Crippen molar-refractivity contribution in [3.05, 3.63) is 5.82 Å². The van der Waals surface area contributed by atoms with Gasteiger partial charge in [0.2, 0.25) is 11.0 Å². The van der Waals surface area contributed by atoms with Crippen LogP contribution in [0.2, 0.25) is 0 Å². The van der Waals surface area contributed by atoms with E-state index in [9.17, 15) is 4.79 Å². The van der Waals surface area contributed by atoms with Crippen LogP contribution in [0.1, 0.15) is 44.3 Å². The smallest absolute Gasteiger partial charge is 0.225 e. The van der Waals surface area contributed by atoms with Gasteiger partial charge in [0.1, 0.15) is 5.82 Å². The Bertz CT molecular complexity index is 554. The highest BCUT2D eigenvalue weighted by atomic mass is 32.1. The van der Waals surface area contributed by atoms with Crippen molar-refractivity contribution >= 4 is 22.6 Å². The predicted molar refractivity (Wildman–Crippen MR) is 82.3 cm³/mol. The Morgan fingerprint density at radius 3 is 2.81 bits per heavy atom. The van der Waals surface area contributed by atoms with Gasteiger partial charge in [-0.1, -0.05) is 12.8 Å². The van der Waals surface area contributed by atoms with Gasteiger partial charge in [0.25, 0.3) is 0 Å². The normalized spacial score (nSPS) is 32.0. The van der Waals surface area contributed by atoms with Crippen LogP contribution in [0, 0.1) is 18.8 Å².